The summed E-state index contributed by atoms with van der Waals surface area (Å²) in [5, 5.41) is 5.18. The molecule has 0 saturated heterocycles. The van der Waals surface area contributed by atoms with E-state index in [-0.39, 0.29) is 24.7 Å². The van der Waals surface area contributed by atoms with Crippen molar-refractivity contribution in [2.45, 2.75) is 19.4 Å². The highest BCUT2D eigenvalue weighted by atomic mass is 19.1. The Balaban J connectivity index is 1.66. The van der Waals surface area contributed by atoms with Crippen LogP contribution in [0, 0.1) is 5.82 Å². The number of carbonyl (C=O) groups is 3. The van der Waals surface area contributed by atoms with Gasteiger partial charge in [-0.1, -0.05) is 18.2 Å². The molecule has 0 spiro atoms. The number of halogens is 1. The van der Waals surface area contributed by atoms with Gasteiger partial charge in [-0.25, -0.2) is 4.39 Å². The molecule has 2 rings (SSSR count). The third-order valence-electron chi connectivity index (χ3n) is 3.74. The van der Waals surface area contributed by atoms with Crippen LogP contribution in [0.1, 0.15) is 28.8 Å². The van der Waals surface area contributed by atoms with Gasteiger partial charge in [-0.2, -0.15) is 0 Å². The third-order valence-corrected chi connectivity index (χ3v) is 3.74. The van der Waals surface area contributed by atoms with Crippen LogP contribution in [0.4, 0.5) is 4.39 Å². The lowest BCUT2D eigenvalue weighted by Crippen LogP contribution is -2.33. The number of hydrogen-bond acceptors (Lipinski definition) is 4. The minimum Gasteiger partial charge on any atom is -0.493 e. The molecule has 0 aliphatic rings. The van der Waals surface area contributed by atoms with Crippen molar-refractivity contribution in [3.63, 3.8) is 0 Å². The van der Waals surface area contributed by atoms with Crippen LogP contribution in [0.25, 0.3) is 0 Å². The van der Waals surface area contributed by atoms with Gasteiger partial charge >= 0.3 is 0 Å². The maximum Gasteiger partial charge on any atom is 0.251 e. The molecule has 148 valence electrons. The van der Waals surface area contributed by atoms with E-state index >= 15 is 0 Å². The first-order valence-corrected chi connectivity index (χ1v) is 8.74. The van der Waals surface area contributed by atoms with Crippen molar-refractivity contribution in [3.8, 4) is 5.75 Å². The molecular weight excluding hydrogens is 365 g/mol. The Kier molecular flexibility index (Phi) is 7.95. The van der Waals surface area contributed by atoms with Gasteiger partial charge in [-0.05, 0) is 36.2 Å². The van der Waals surface area contributed by atoms with E-state index in [4.69, 9.17) is 10.5 Å². The van der Waals surface area contributed by atoms with Crippen LogP contribution in [0.5, 0.6) is 5.75 Å². The van der Waals surface area contributed by atoms with Crippen LogP contribution in [0.15, 0.2) is 48.5 Å². The largest absolute Gasteiger partial charge is 0.493 e. The first kappa shape index (κ1) is 20.9. The Morgan fingerprint density at radius 1 is 1.04 bits per heavy atom. The van der Waals surface area contributed by atoms with Crippen LogP contribution >= 0.6 is 0 Å². The first-order valence-electron chi connectivity index (χ1n) is 8.74. The fourth-order valence-electron chi connectivity index (χ4n) is 2.31. The molecule has 2 aromatic carbocycles. The first-order chi connectivity index (χ1) is 13.4. The summed E-state index contributed by atoms with van der Waals surface area (Å²) in [6, 6.07) is 12.5. The van der Waals surface area contributed by atoms with Gasteiger partial charge in [0.15, 0.2) is 0 Å². The summed E-state index contributed by atoms with van der Waals surface area (Å²) in [7, 11) is 0. The third kappa shape index (κ3) is 7.45. The predicted octanol–water partition coefficient (Wildman–Crippen LogP) is 1.52. The van der Waals surface area contributed by atoms with E-state index in [1.165, 1.54) is 12.1 Å². The average Bonchev–Trinajstić information content (AvgIpc) is 2.68. The Bertz CT molecular complexity index is 824. The van der Waals surface area contributed by atoms with Crippen molar-refractivity contribution < 1.29 is 23.5 Å². The number of carbonyl (C=O) groups excluding carboxylic acids is 3. The van der Waals surface area contributed by atoms with Gasteiger partial charge in [0.1, 0.15) is 11.6 Å². The van der Waals surface area contributed by atoms with Gasteiger partial charge in [0.25, 0.3) is 5.91 Å². The molecule has 28 heavy (non-hydrogen) atoms. The summed E-state index contributed by atoms with van der Waals surface area (Å²) in [5.74, 6) is -1.08. The Morgan fingerprint density at radius 3 is 2.46 bits per heavy atom. The van der Waals surface area contributed by atoms with Gasteiger partial charge in [0.2, 0.25) is 11.8 Å². The topological polar surface area (TPSA) is 111 Å². The molecule has 0 atom stereocenters. The molecule has 0 aliphatic heterocycles. The molecule has 0 aromatic heterocycles. The zero-order valence-electron chi connectivity index (χ0n) is 15.2. The molecule has 4 N–H and O–H groups in total. The second kappa shape index (κ2) is 10.7. The number of nitrogens with one attached hydrogen (secondary N) is 2. The van der Waals surface area contributed by atoms with Crippen LogP contribution in [0.2, 0.25) is 0 Å². The monoisotopic (exact) mass is 387 g/mol. The van der Waals surface area contributed by atoms with Crippen molar-refractivity contribution in [1.82, 2.24) is 10.6 Å². The van der Waals surface area contributed by atoms with Crippen LogP contribution in [0.3, 0.4) is 0 Å². The second-order valence-electron chi connectivity index (χ2n) is 6.03. The summed E-state index contributed by atoms with van der Waals surface area (Å²) >= 11 is 0. The van der Waals surface area contributed by atoms with Gasteiger partial charge in [-0.3, -0.25) is 14.4 Å². The average molecular weight is 387 g/mol. The fraction of sp³-hybridized carbons (Fsp3) is 0.250. The summed E-state index contributed by atoms with van der Waals surface area (Å²) in [6.07, 6.45) is 0.782. The normalized spacial score (nSPS) is 10.2. The second-order valence-corrected chi connectivity index (χ2v) is 6.03. The Labute approximate surface area is 162 Å². The Morgan fingerprint density at radius 2 is 1.79 bits per heavy atom. The molecule has 0 fully saturated rings. The Hall–Kier alpha value is -3.42. The molecule has 8 heteroatoms. The number of benzene rings is 2. The lowest BCUT2D eigenvalue weighted by Gasteiger charge is -2.08. The maximum absolute atomic E-state index is 13.0. The zero-order chi connectivity index (χ0) is 20.4. The molecule has 0 bridgehead atoms. The molecule has 0 heterocycles. The zero-order valence-corrected chi connectivity index (χ0v) is 15.2. The van der Waals surface area contributed by atoms with Gasteiger partial charge < -0.3 is 21.1 Å². The van der Waals surface area contributed by atoms with E-state index in [9.17, 15) is 18.8 Å². The van der Waals surface area contributed by atoms with Crippen molar-refractivity contribution in [2.75, 3.05) is 13.2 Å². The standard InChI is InChI=1S/C20H22FN3O4/c21-16-3-1-4-17(11-16)28-10-2-5-19(26)23-12-14-6-8-15(9-7-14)20(27)24-13-18(22)25/h1,3-4,6-9,11H,2,5,10,12-13H2,(H2,22,25)(H,23,26)(H,24,27). The summed E-state index contributed by atoms with van der Waals surface area (Å²) in [5.41, 5.74) is 6.20. The highest BCUT2D eigenvalue weighted by molar-refractivity contribution is 5.96. The number of nitrogens with two attached hydrogens (primary N) is 1. The maximum atomic E-state index is 13.0. The van der Waals surface area contributed by atoms with Gasteiger partial charge in [0.05, 0.1) is 13.2 Å². The lowest BCUT2D eigenvalue weighted by molar-refractivity contribution is -0.121. The van der Waals surface area contributed by atoms with E-state index in [2.05, 4.69) is 10.6 Å². The van der Waals surface area contributed by atoms with Crippen molar-refractivity contribution in [2.24, 2.45) is 5.73 Å². The summed E-state index contributed by atoms with van der Waals surface area (Å²) < 4.78 is 18.4. The smallest absolute Gasteiger partial charge is 0.251 e. The number of hydrogen-bond donors (Lipinski definition) is 3. The van der Waals surface area contributed by atoms with E-state index < -0.39 is 11.8 Å². The molecule has 2 aromatic rings. The van der Waals surface area contributed by atoms with Crippen molar-refractivity contribution in [1.29, 1.82) is 0 Å². The number of primary amides is 1. The molecule has 3 amide bonds. The van der Waals surface area contributed by atoms with E-state index in [0.29, 0.717) is 30.9 Å². The van der Waals surface area contributed by atoms with Crippen molar-refractivity contribution in [3.05, 3.63) is 65.5 Å². The quantitative estimate of drug-likeness (QED) is 0.537. The molecule has 0 radical (unpaired) electrons. The van der Waals surface area contributed by atoms with Crippen molar-refractivity contribution >= 4 is 17.7 Å². The van der Waals surface area contributed by atoms with Crippen LogP contribution in [-0.4, -0.2) is 30.9 Å². The van der Waals surface area contributed by atoms with Crippen LogP contribution in [-0.2, 0) is 16.1 Å². The van der Waals surface area contributed by atoms with Gasteiger partial charge in [-0.15, -0.1) is 0 Å². The minimum atomic E-state index is -0.617. The molecule has 0 aliphatic carbocycles. The number of amides is 3. The highest BCUT2D eigenvalue weighted by Crippen LogP contribution is 2.12. The SMILES string of the molecule is NC(=O)CNC(=O)c1ccc(CNC(=O)CCCOc2cccc(F)c2)cc1. The lowest BCUT2D eigenvalue weighted by atomic mass is 10.1. The molecule has 0 saturated carbocycles. The van der Waals surface area contributed by atoms with E-state index in [0.717, 1.165) is 5.56 Å². The molecular formula is C20H22FN3O4. The van der Waals surface area contributed by atoms with Gasteiger partial charge in [0, 0.05) is 24.6 Å². The minimum absolute atomic E-state index is 0.133. The molecule has 0 unspecified atom stereocenters. The van der Waals surface area contributed by atoms with E-state index in [1.807, 2.05) is 0 Å². The number of ether oxygens (including phenoxy) is 1. The van der Waals surface area contributed by atoms with Crippen LogP contribution < -0.4 is 21.1 Å². The molecule has 7 nitrogen and oxygen atoms in total. The fourth-order valence-corrected chi connectivity index (χ4v) is 2.31. The predicted molar refractivity (Wildman–Crippen MR) is 101 cm³/mol. The summed E-state index contributed by atoms with van der Waals surface area (Å²) in [6.45, 7) is 0.415. The highest BCUT2D eigenvalue weighted by Gasteiger charge is 2.07. The number of rotatable bonds is 10. The summed E-state index contributed by atoms with van der Waals surface area (Å²) in [4.78, 5) is 34.3. The van der Waals surface area contributed by atoms with E-state index in [1.54, 1.807) is 36.4 Å².